The molecule has 0 fully saturated rings. The highest BCUT2D eigenvalue weighted by Gasteiger charge is 2.10. The summed E-state index contributed by atoms with van der Waals surface area (Å²) in [5.41, 5.74) is 2.02. The lowest BCUT2D eigenvalue weighted by molar-refractivity contribution is 0.0693. The molecular formula is C15H14O4. The molecule has 2 aromatic carbocycles. The molecule has 0 aliphatic rings. The van der Waals surface area contributed by atoms with E-state index >= 15 is 0 Å². The van der Waals surface area contributed by atoms with E-state index in [0.29, 0.717) is 12.4 Å². The van der Waals surface area contributed by atoms with Gasteiger partial charge in [-0.3, -0.25) is 0 Å². The molecule has 0 atom stereocenters. The molecule has 0 aliphatic carbocycles. The number of rotatable bonds is 4. The van der Waals surface area contributed by atoms with Crippen molar-refractivity contribution in [3.63, 3.8) is 0 Å². The number of aryl methyl sites for hydroxylation is 1. The maximum atomic E-state index is 10.7. The Kier molecular flexibility index (Phi) is 3.71. The van der Waals surface area contributed by atoms with Crippen molar-refractivity contribution in [3.8, 4) is 11.5 Å². The molecule has 0 aromatic heterocycles. The van der Waals surface area contributed by atoms with Gasteiger partial charge in [-0.25, -0.2) is 4.79 Å². The Hall–Kier alpha value is -2.49. The second kappa shape index (κ2) is 5.44. The van der Waals surface area contributed by atoms with Crippen LogP contribution in [-0.2, 0) is 6.61 Å². The largest absolute Gasteiger partial charge is 0.507 e. The summed E-state index contributed by atoms with van der Waals surface area (Å²) in [6.45, 7) is 2.37. The van der Waals surface area contributed by atoms with Crippen LogP contribution in [0.15, 0.2) is 42.5 Å². The van der Waals surface area contributed by atoms with Crippen molar-refractivity contribution < 1.29 is 19.7 Å². The number of phenols is 1. The number of hydrogen-bond acceptors (Lipinski definition) is 3. The van der Waals surface area contributed by atoms with Crippen molar-refractivity contribution >= 4 is 5.97 Å². The fourth-order valence-electron chi connectivity index (χ4n) is 1.75. The van der Waals surface area contributed by atoms with E-state index in [1.165, 1.54) is 18.2 Å². The minimum atomic E-state index is -1.16. The third kappa shape index (κ3) is 3.25. The van der Waals surface area contributed by atoms with Gasteiger partial charge < -0.3 is 14.9 Å². The molecule has 2 aromatic rings. The highest BCUT2D eigenvalue weighted by molar-refractivity contribution is 5.90. The maximum Gasteiger partial charge on any atom is 0.339 e. The zero-order valence-corrected chi connectivity index (χ0v) is 10.5. The van der Waals surface area contributed by atoms with Crippen LogP contribution in [0.25, 0.3) is 0 Å². The molecule has 0 saturated heterocycles. The van der Waals surface area contributed by atoms with E-state index in [2.05, 4.69) is 0 Å². The van der Waals surface area contributed by atoms with Crippen LogP contribution in [0.5, 0.6) is 11.5 Å². The fraction of sp³-hybridized carbons (Fsp3) is 0.133. The molecular weight excluding hydrogens is 244 g/mol. The SMILES string of the molecule is Cc1cccc(COc2ccc(C(=O)O)c(O)c2)c1. The third-order valence-electron chi connectivity index (χ3n) is 2.69. The highest BCUT2D eigenvalue weighted by atomic mass is 16.5. The summed E-state index contributed by atoms with van der Waals surface area (Å²) < 4.78 is 5.51. The van der Waals surface area contributed by atoms with Gasteiger partial charge >= 0.3 is 5.97 Å². The van der Waals surface area contributed by atoms with Crippen LogP contribution in [-0.4, -0.2) is 16.2 Å². The standard InChI is InChI=1S/C15H14O4/c1-10-3-2-4-11(7-10)9-19-12-5-6-13(15(17)18)14(16)8-12/h2-8,16H,9H2,1H3,(H,17,18). The van der Waals surface area contributed by atoms with E-state index in [0.717, 1.165) is 11.1 Å². The number of benzene rings is 2. The van der Waals surface area contributed by atoms with Gasteiger partial charge in [-0.2, -0.15) is 0 Å². The lowest BCUT2D eigenvalue weighted by atomic mass is 10.1. The average molecular weight is 258 g/mol. The third-order valence-corrected chi connectivity index (χ3v) is 2.69. The monoisotopic (exact) mass is 258 g/mol. The number of carboxylic acids is 1. The van der Waals surface area contributed by atoms with Crippen LogP contribution in [0.4, 0.5) is 0 Å². The smallest absolute Gasteiger partial charge is 0.339 e. The molecule has 98 valence electrons. The molecule has 4 heteroatoms. The van der Waals surface area contributed by atoms with E-state index in [1.807, 2.05) is 31.2 Å². The highest BCUT2D eigenvalue weighted by Crippen LogP contribution is 2.24. The van der Waals surface area contributed by atoms with Crippen LogP contribution in [0.3, 0.4) is 0 Å². The molecule has 0 unspecified atom stereocenters. The van der Waals surface area contributed by atoms with Gasteiger partial charge in [0.25, 0.3) is 0 Å². The fourth-order valence-corrected chi connectivity index (χ4v) is 1.75. The molecule has 4 nitrogen and oxygen atoms in total. The number of aromatic hydroxyl groups is 1. The van der Waals surface area contributed by atoms with Crippen molar-refractivity contribution in [2.75, 3.05) is 0 Å². The number of carboxylic acid groups (broad SMARTS) is 1. The quantitative estimate of drug-likeness (QED) is 0.884. The van der Waals surface area contributed by atoms with E-state index in [9.17, 15) is 9.90 Å². The van der Waals surface area contributed by atoms with Gasteiger partial charge in [0.05, 0.1) is 0 Å². The first-order valence-electron chi connectivity index (χ1n) is 5.81. The Morgan fingerprint density at radius 2 is 2.00 bits per heavy atom. The molecule has 0 radical (unpaired) electrons. The number of hydrogen-bond donors (Lipinski definition) is 2. The summed E-state index contributed by atoms with van der Waals surface area (Å²) in [6, 6.07) is 12.0. The molecule has 0 spiro atoms. The normalized spacial score (nSPS) is 10.2. The van der Waals surface area contributed by atoms with Gasteiger partial charge in [0.1, 0.15) is 23.7 Å². The Morgan fingerprint density at radius 3 is 2.63 bits per heavy atom. The molecule has 0 saturated carbocycles. The van der Waals surface area contributed by atoms with Crippen LogP contribution in [0, 0.1) is 6.92 Å². The van der Waals surface area contributed by atoms with Gasteiger partial charge in [-0.1, -0.05) is 29.8 Å². The number of aromatic carboxylic acids is 1. The second-order valence-electron chi connectivity index (χ2n) is 4.26. The summed E-state index contributed by atoms with van der Waals surface area (Å²) >= 11 is 0. The molecule has 0 aliphatic heterocycles. The van der Waals surface area contributed by atoms with Crippen molar-refractivity contribution in [2.45, 2.75) is 13.5 Å². The van der Waals surface area contributed by atoms with Gasteiger partial charge in [-0.15, -0.1) is 0 Å². The molecule has 19 heavy (non-hydrogen) atoms. The van der Waals surface area contributed by atoms with Crippen molar-refractivity contribution in [1.29, 1.82) is 0 Å². The van der Waals surface area contributed by atoms with Gasteiger partial charge in [-0.05, 0) is 24.6 Å². The van der Waals surface area contributed by atoms with Crippen molar-refractivity contribution in [1.82, 2.24) is 0 Å². The van der Waals surface area contributed by atoms with Crippen LogP contribution < -0.4 is 4.74 Å². The summed E-state index contributed by atoms with van der Waals surface area (Å²) in [5, 5.41) is 18.3. The van der Waals surface area contributed by atoms with Crippen LogP contribution in [0.2, 0.25) is 0 Å². The average Bonchev–Trinajstić information content (AvgIpc) is 2.36. The summed E-state index contributed by atoms with van der Waals surface area (Å²) in [7, 11) is 0. The zero-order valence-electron chi connectivity index (χ0n) is 10.5. The van der Waals surface area contributed by atoms with Crippen molar-refractivity contribution in [2.24, 2.45) is 0 Å². The Bertz CT molecular complexity index is 605. The van der Waals surface area contributed by atoms with Crippen LogP contribution in [0.1, 0.15) is 21.5 Å². The molecule has 2 N–H and O–H groups in total. The topological polar surface area (TPSA) is 66.8 Å². The minimum Gasteiger partial charge on any atom is -0.507 e. The summed E-state index contributed by atoms with van der Waals surface area (Å²) in [4.78, 5) is 10.7. The molecule has 0 bridgehead atoms. The van der Waals surface area contributed by atoms with E-state index < -0.39 is 5.97 Å². The minimum absolute atomic E-state index is 0.136. The number of ether oxygens (including phenoxy) is 1. The molecule has 0 amide bonds. The number of carbonyl (C=O) groups is 1. The summed E-state index contributed by atoms with van der Waals surface area (Å²) in [5.74, 6) is -1.03. The Labute approximate surface area is 110 Å². The Morgan fingerprint density at radius 1 is 1.21 bits per heavy atom. The summed E-state index contributed by atoms with van der Waals surface area (Å²) in [6.07, 6.45) is 0. The predicted octanol–water partition coefficient (Wildman–Crippen LogP) is 2.98. The second-order valence-corrected chi connectivity index (χ2v) is 4.26. The van der Waals surface area contributed by atoms with E-state index in [-0.39, 0.29) is 11.3 Å². The molecule has 0 heterocycles. The Balaban J connectivity index is 2.08. The first-order valence-corrected chi connectivity index (χ1v) is 5.81. The van der Waals surface area contributed by atoms with E-state index in [1.54, 1.807) is 0 Å². The lowest BCUT2D eigenvalue weighted by Gasteiger charge is -2.08. The maximum absolute atomic E-state index is 10.7. The lowest BCUT2D eigenvalue weighted by Crippen LogP contribution is -1.99. The van der Waals surface area contributed by atoms with Gasteiger partial charge in [0.2, 0.25) is 0 Å². The zero-order chi connectivity index (χ0) is 13.8. The molecule has 2 rings (SSSR count). The van der Waals surface area contributed by atoms with Gasteiger partial charge in [0.15, 0.2) is 0 Å². The van der Waals surface area contributed by atoms with E-state index in [4.69, 9.17) is 9.84 Å². The first-order chi connectivity index (χ1) is 9.06. The predicted molar refractivity (Wildman–Crippen MR) is 70.6 cm³/mol. The van der Waals surface area contributed by atoms with Gasteiger partial charge in [0, 0.05) is 6.07 Å². The first kappa shape index (κ1) is 13.0. The van der Waals surface area contributed by atoms with Crippen LogP contribution >= 0.6 is 0 Å². The van der Waals surface area contributed by atoms with Crippen molar-refractivity contribution in [3.05, 3.63) is 59.2 Å².